The lowest BCUT2D eigenvalue weighted by Crippen LogP contribution is -1.86. The molecule has 0 atom stereocenters. The summed E-state index contributed by atoms with van der Waals surface area (Å²) in [5.74, 6) is 0. The van der Waals surface area contributed by atoms with Crippen LogP contribution >= 0.6 is 0 Å². The second kappa shape index (κ2) is 7.21. The molecule has 0 heterocycles. The van der Waals surface area contributed by atoms with Gasteiger partial charge >= 0.3 is 0 Å². The molecule has 0 aliphatic rings. The van der Waals surface area contributed by atoms with Gasteiger partial charge < -0.3 is 4.74 Å². The van der Waals surface area contributed by atoms with E-state index in [2.05, 4.69) is 4.74 Å². The van der Waals surface area contributed by atoms with Crippen molar-refractivity contribution >= 4 is 0 Å². The average Bonchev–Trinajstić information content (AvgIpc) is 1.89. The van der Waals surface area contributed by atoms with Gasteiger partial charge in [0.25, 0.3) is 0 Å². The molecule has 2 heteroatoms. The van der Waals surface area contributed by atoms with E-state index in [4.69, 9.17) is 0 Å². The largest absolute Gasteiger partial charge is 0.498 e. The van der Waals surface area contributed by atoms with Crippen molar-refractivity contribution < 1.29 is 9.13 Å². The van der Waals surface area contributed by atoms with Gasteiger partial charge in [0.15, 0.2) is 0 Å². The Kier molecular flexibility index (Phi) is 6.58. The number of hydrogen-bond acceptors (Lipinski definition) is 1. The van der Waals surface area contributed by atoms with Gasteiger partial charge in [0.05, 0.1) is 6.26 Å². The molecule has 0 saturated heterocycles. The minimum atomic E-state index is -0.430. The van der Waals surface area contributed by atoms with Crippen molar-refractivity contribution in [3.05, 3.63) is 24.5 Å². The summed E-state index contributed by atoms with van der Waals surface area (Å²) < 4.78 is 16.0. The van der Waals surface area contributed by atoms with Crippen molar-refractivity contribution in [1.82, 2.24) is 0 Å². The number of alkyl halides is 1. The van der Waals surface area contributed by atoms with E-state index in [1.165, 1.54) is 6.26 Å². The fourth-order valence-corrected chi connectivity index (χ4v) is 0.325. The summed E-state index contributed by atoms with van der Waals surface area (Å²) in [5.41, 5.74) is 0. The third kappa shape index (κ3) is 7.21. The molecule has 1 nitrogen and oxygen atoms in total. The van der Waals surface area contributed by atoms with E-state index in [9.17, 15) is 4.39 Å². The second-order valence-corrected chi connectivity index (χ2v) is 1.41. The molecule has 0 saturated carbocycles. The summed E-state index contributed by atoms with van der Waals surface area (Å²) >= 11 is 0. The topological polar surface area (TPSA) is 9.23 Å². The van der Waals surface area contributed by atoms with Crippen LogP contribution in [-0.2, 0) is 4.74 Å². The van der Waals surface area contributed by atoms with Gasteiger partial charge in [-0.2, -0.15) is 0 Å². The predicted molar refractivity (Wildman–Crippen MR) is 35.9 cm³/mol. The van der Waals surface area contributed by atoms with Crippen LogP contribution in [0.25, 0.3) is 0 Å². The van der Waals surface area contributed by atoms with Gasteiger partial charge in [0.2, 0.25) is 0 Å². The summed E-state index contributed by atoms with van der Waals surface area (Å²) in [7, 11) is 0. The lowest BCUT2D eigenvalue weighted by Gasteiger charge is -1.90. The van der Waals surface area contributed by atoms with Gasteiger partial charge in [-0.15, -0.1) is 0 Å². The monoisotopic (exact) mass is 130 g/mol. The fraction of sp³-hybridized carbons (Fsp3) is 0.429. The highest BCUT2D eigenvalue weighted by Gasteiger charge is 1.74. The van der Waals surface area contributed by atoms with Crippen LogP contribution in [0.1, 0.15) is 6.92 Å². The van der Waals surface area contributed by atoms with Crippen molar-refractivity contribution in [3.8, 4) is 0 Å². The third-order valence-corrected chi connectivity index (χ3v) is 0.673. The molecule has 0 aliphatic heterocycles. The van der Waals surface area contributed by atoms with Crippen LogP contribution < -0.4 is 0 Å². The zero-order valence-corrected chi connectivity index (χ0v) is 5.51. The first kappa shape index (κ1) is 8.21. The number of halogens is 1. The predicted octanol–water partition coefficient (Wildman–Crippen LogP) is 2.06. The van der Waals surface area contributed by atoms with Gasteiger partial charge in [0.1, 0.15) is 13.3 Å². The highest BCUT2D eigenvalue weighted by molar-refractivity contribution is 4.97. The molecule has 52 valence electrons. The smallest absolute Gasteiger partial charge is 0.123 e. The molecule has 0 aliphatic carbocycles. The molecule has 0 aromatic heterocycles. The maximum Gasteiger partial charge on any atom is 0.123 e. The Hall–Kier alpha value is -0.790. The van der Waals surface area contributed by atoms with E-state index in [-0.39, 0.29) is 6.61 Å². The maximum absolute atomic E-state index is 11.3. The summed E-state index contributed by atoms with van der Waals surface area (Å²) in [6.45, 7) is 1.62. The molecule has 0 fully saturated rings. The fourth-order valence-electron chi connectivity index (χ4n) is 0.325. The van der Waals surface area contributed by atoms with Crippen molar-refractivity contribution in [3.63, 3.8) is 0 Å². The molecule has 0 aromatic rings. The van der Waals surface area contributed by atoms with Crippen LogP contribution in [-0.4, -0.2) is 13.3 Å². The zero-order valence-electron chi connectivity index (χ0n) is 5.51. The molecule has 0 radical (unpaired) electrons. The molecule has 0 N–H and O–H groups in total. The second-order valence-electron chi connectivity index (χ2n) is 1.41. The first-order chi connectivity index (χ1) is 4.41. The number of rotatable bonds is 4. The van der Waals surface area contributed by atoms with Crippen LogP contribution in [0.5, 0.6) is 0 Å². The molecule has 0 unspecified atom stereocenters. The normalized spacial score (nSPS) is 11.3. The minimum Gasteiger partial charge on any atom is -0.498 e. The Morgan fingerprint density at radius 2 is 2.22 bits per heavy atom. The SMILES string of the molecule is C/C=C/C=C/OCCF. The van der Waals surface area contributed by atoms with E-state index in [0.29, 0.717) is 0 Å². The Balaban J connectivity index is 3.04. The molecule has 0 bridgehead atoms. The Morgan fingerprint density at radius 1 is 1.44 bits per heavy atom. The standard InChI is InChI=1S/C7H11FO/c1-2-3-4-6-9-7-5-8/h2-4,6H,5,7H2,1H3/b3-2+,6-4+. The zero-order chi connectivity index (χ0) is 6.95. The summed E-state index contributed by atoms with van der Waals surface area (Å²) in [6, 6.07) is 0. The quantitative estimate of drug-likeness (QED) is 0.321. The van der Waals surface area contributed by atoms with E-state index < -0.39 is 6.67 Å². The minimum absolute atomic E-state index is 0.147. The Morgan fingerprint density at radius 3 is 2.78 bits per heavy atom. The molecule has 0 rings (SSSR count). The summed E-state index contributed by atoms with van der Waals surface area (Å²) in [4.78, 5) is 0. The maximum atomic E-state index is 11.3. The Bertz CT molecular complexity index is 97.1. The number of allylic oxidation sites excluding steroid dienone is 3. The third-order valence-electron chi connectivity index (χ3n) is 0.673. The molecule has 0 aromatic carbocycles. The van der Waals surface area contributed by atoms with Gasteiger partial charge in [-0.1, -0.05) is 12.2 Å². The highest BCUT2D eigenvalue weighted by atomic mass is 19.1. The van der Waals surface area contributed by atoms with Gasteiger partial charge in [-0.25, -0.2) is 4.39 Å². The van der Waals surface area contributed by atoms with Crippen molar-refractivity contribution in [2.24, 2.45) is 0 Å². The van der Waals surface area contributed by atoms with E-state index >= 15 is 0 Å². The van der Waals surface area contributed by atoms with Crippen molar-refractivity contribution in [1.29, 1.82) is 0 Å². The Labute approximate surface area is 54.8 Å². The van der Waals surface area contributed by atoms with Gasteiger partial charge in [-0.3, -0.25) is 0 Å². The molecular formula is C7H11FO. The van der Waals surface area contributed by atoms with Gasteiger partial charge in [0, 0.05) is 0 Å². The van der Waals surface area contributed by atoms with Crippen molar-refractivity contribution in [2.75, 3.05) is 13.3 Å². The molecule has 0 spiro atoms. The van der Waals surface area contributed by atoms with Crippen LogP contribution in [0.3, 0.4) is 0 Å². The van der Waals surface area contributed by atoms with Crippen LogP contribution in [0.15, 0.2) is 24.5 Å². The van der Waals surface area contributed by atoms with Crippen LogP contribution in [0.4, 0.5) is 4.39 Å². The number of hydrogen-bond donors (Lipinski definition) is 0. The van der Waals surface area contributed by atoms with E-state index in [0.717, 1.165) is 0 Å². The summed E-state index contributed by atoms with van der Waals surface area (Å²) in [5, 5.41) is 0. The van der Waals surface area contributed by atoms with Crippen molar-refractivity contribution in [2.45, 2.75) is 6.92 Å². The van der Waals surface area contributed by atoms with E-state index in [1.54, 1.807) is 6.08 Å². The van der Waals surface area contributed by atoms with E-state index in [1.807, 2.05) is 19.1 Å². The average molecular weight is 130 g/mol. The highest BCUT2D eigenvalue weighted by Crippen LogP contribution is 1.79. The first-order valence-electron chi connectivity index (χ1n) is 2.87. The molecular weight excluding hydrogens is 119 g/mol. The van der Waals surface area contributed by atoms with Crippen LogP contribution in [0.2, 0.25) is 0 Å². The molecule has 0 amide bonds. The summed E-state index contributed by atoms with van der Waals surface area (Å²) in [6.07, 6.45) is 6.88. The number of ether oxygens (including phenoxy) is 1. The molecule has 9 heavy (non-hydrogen) atoms. The first-order valence-corrected chi connectivity index (χ1v) is 2.87. The lowest BCUT2D eigenvalue weighted by molar-refractivity contribution is 0.218. The lowest BCUT2D eigenvalue weighted by atomic mass is 10.5. The van der Waals surface area contributed by atoms with Crippen LogP contribution in [0, 0.1) is 0 Å². The van der Waals surface area contributed by atoms with Gasteiger partial charge in [-0.05, 0) is 13.0 Å².